The van der Waals surface area contributed by atoms with Crippen molar-refractivity contribution in [3.05, 3.63) is 12.7 Å². The van der Waals surface area contributed by atoms with Gasteiger partial charge in [0.15, 0.2) is 9.84 Å². The van der Waals surface area contributed by atoms with Gasteiger partial charge in [-0.1, -0.05) is 18.9 Å². The van der Waals surface area contributed by atoms with Crippen molar-refractivity contribution in [1.29, 1.82) is 0 Å². The molecule has 0 bridgehead atoms. The minimum absolute atomic E-state index is 0.324. The maximum atomic E-state index is 11.4. The predicted molar refractivity (Wildman–Crippen MR) is 72.9 cm³/mol. The molecular formula is C13H25NO2S. The first kappa shape index (κ1) is 14.7. The number of nitrogens with one attached hydrogen (secondary N) is 1. The molecule has 0 saturated carbocycles. The molecule has 2 unspecified atom stereocenters. The Balaban J connectivity index is 2.27. The predicted octanol–water partition coefficient (Wildman–Crippen LogP) is 2.15. The van der Waals surface area contributed by atoms with Crippen molar-refractivity contribution in [3.63, 3.8) is 0 Å². The van der Waals surface area contributed by atoms with Gasteiger partial charge in [0.25, 0.3) is 0 Å². The second-order valence-electron chi connectivity index (χ2n) is 4.98. The van der Waals surface area contributed by atoms with Gasteiger partial charge in [-0.3, -0.25) is 0 Å². The van der Waals surface area contributed by atoms with Gasteiger partial charge in [-0.25, -0.2) is 8.42 Å². The van der Waals surface area contributed by atoms with Gasteiger partial charge >= 0.3 is 0 Å². The first-order valence-corrected chi connectivity index (χ1v) is 8.40. The van der Waals surface area contributed by atoms with E-state index in [1.807, 2.05) is 13.1 Å². The molecule has 0 aromatic rings. The molecule has 1 aliphatic rings. The fraction of sp³-hybridized carbons (Fsp3) is 0.846. The summed E-state index contributed by atoms with van der Waals surface area (Å²) in [5.41, 5.74) is 0. The minimum atomic E-state index is -2.74. The van der Waals surface area contributed by atoms with Crippen LogP contribution in [0.25, 0.3) is 0 Å². The van der Waals surface area contributed by atoms with Crippen LogP contribution < -0.4 is 5.32 Å². The van der Waals surface area contributed by atoms with Gasteiger partial charge < -0.3 is 5.32 Å². The van der Waals surface area contributed by atoms with E-state index in [9.17, 15) is 8.42 Å². The van der Waals surface area contributed by atoms with Crippen molar-refractivity contribution in [2.24, 2.45) is 5.92 Å². The van der Waals surface area contributed by atoms with E-state index in [1.165, 1.54) is 19.3 Å². The number of hydrogen-bond donors (Lipinski definition) is 1. The Morgan fingerprint density at radius 2 is 2.18 bits per heavy atom. The largest absolute Gasteiger partial charge is 0.317 e. The number of allylic oxidation sites excluding steroid dienone is 1. The highest BCUT2D eigenvalue weighted by atomic mass is 32.2. The molecule has 4 heteroatoms. The van der Waals surface area contributed by atoms with Gasteiger partial charge in [0, 0.05) is 6.04 Å². The minimum Gasteiger partial charge on any atom is -0.317 e. The number of sulfone groups is 1. The fourth-order valence-electron chi connectivity index (χ4n) is 2.59. The molecule has 1 N–H and O–H groups in total. The van der Waals surface area contributed by atoms with Crippen LogP contribution in [0, 0.1) is 5.92 Å². The average molecular weight is 259 g/mol. The Kier molecular flexibility index (Phi) is 6.20. The van der Waals surface area contributed by atoms with Crippen LogP contribution in [0.2, 0.25) is 0 Å². The van der Waals surface area contributed by atoms with Crippen LogP contribution in [0.4, 0.5) is 0 Å². The van der Waals surface area contributed by atoms with Gasteiger partial charge in [0.05, 0.1) is 11.5 Å². The van der Waals surface area contributed by atoms with Gasteiger partial charge in [-0.2, -0.15) is 0 Å². The van der Waals surface area contributed by atoms with Gasteiger partial charge in [-0.05, 0) is 38.6 Å². The summed E-state index contributed by atoms with van der Waals surface area (Å²) in [4.78, 5) is 0. The highest BCUT2D eigenvalue weighted by Gasteiger charge is 2.32. The van der Waals surface area contributed by atoms with Crippen LogP contribution >= 0.6 is 0 Å². The van der Waals surface area contributed by atoms with E-state index in [1.54, 1.807) is 0 Å². The maximum absolute atomic E-state index is 11.4. The van der Waals surface area contributed by atoms with Crippen LogP contribution in [0.5, 0.6) is 0 Å². The van der Waals surface area contributed by atoms with Crippen molar-refractivity contribution in [3.8, 4) is 0 Å². The van der Waals surface area contributed by atoms with E-state index >= 15 is 0 Å². The maximum Gasteiger partial charge on any atom is 0.150 e. The zero-order valence-corrected chi connectivity index (χ0v) is 11.6. The number of rotatable bonds is 8. The second-order valence-corrected chi connectivity index (χ2v) is 7.21. The van der Waals surface area contributed by atoms with Crippen LogP contribution in [0.3, 0.4) is 0 Å². The zero-order chi connectivity index (χ0) is 12.7. The van der Waals surface area contributed by atoms with Crippen molar-refractivity contribution < 1.29 is 8.42 Å². The van der Waals surface area contributed by atoms with Crippen molar-refractivity contribution in [2.45, 2.75) is 44.6 Å². The molecule has 1 aliphatic heterocycles. The van der Waals surface area contributed by atoms with Crippen LogP contribution in [0.15, 0.2) is 12.7 Å². The first-order chi connectivity index (χ1) is 8.09. The molecule has 1 fully saturated rings. The standard InChI is InChI=1S/C13H25NO2S/c1-3-4-5-6-7-8-13(14-2)12-9-10-17(15,16)11-12/h3,12-14H,1,4-11H2,2H3. The lowest BCUT2D eigenvalue weighted by atomic mass is 9.94. The molecule has 1 saturated heterocycles. The summed E-state index contributed by atoms with van der Waals surface area (Å²) in [5, 5.41) is 3.29. The van der Waals surface area contributed by atoms with Crippen LogP contribution in [-0.2, 0) is 9.84 Å². The molecule has 2 atom stereocenters. The molecule has 0 radical (unpaired) electrons. The van der Waals surface area contributed by atoms with Crippen molar-refractivity contribution in [2.75, 3.05) is 18.6 Å². The number of hydrogen-bond acceptors (Lipinski definition) is 3. The summed E-state index contributed by atoms with van der Waals surface area (Å²) in [6.07, 6.45) is 8.55. The molecule has 0 aliphatic carbocycles. The second kappa shape index (κ2) is 7.17. The third-order valence-corrected chi connectivity index (χ3v) is 5.42. The smallest absolute Gasteiger partial charge is 0.150 e. The van der Waals surface area contributed by atoms with E-state index < -0.39 is 9.84 Å². The quantitative estimate of drug-likeness (QED) is 0.536. The Labute approximate surface area is 106 Å². The van der Waals surface area contributed by atoms with E-state index in [0.717, 1.165) is 19.3 Å². The molecule has 1 heterocycles. The topological polar surface area (TPSA) is 46.2 Å². The Bertz CT molecular complexity index is 324. The highest BCUT2D eigenvalue weighted by Crippen LogP contribution is 2.24. The SMILES string of the molecule is C=CCCCCCC(NC)C1CCS(=O)(=O)C1. The third kappa shape index (κ3) is 5.21. The molecule has 100 valence electrons. The first-order valence-electron chi connectivity index (χ1n) is 6.57. The van der Waals surface area contributed by atoms with E-state index in [0.29, 0.717) is 23.5 Å². The summed E-state index contributed by atoms with van der Waals surface area (Å²) in [5.74, 6) is 1.08. The van der Waals surface area contributed by atoms with Gasteiger partial charge in [-0.15, -0.1) is 6.58 Å². The van der Waals surface area contributed by atoms with Crippen LogP contribution in [-0.4, -0.2) is 33.0 Å². The van der Waals surface area contributed by atoms with Crippen LogP contribution in [0.1, 0.15) is 38.5 Å². The summed E-state index contributed by atoms with van der Waals surface area (Å²) in [7, 11) is -0.799. The molecular weight excluding hydrogens is 234 g/mol. The fourth-order valence-corrected chi connectivity index (χ4v) is 4.47. The summed E-state index contributed by atoms with van der Waals surface area (Å²) in [6.45, 7) is 3.71. The molecule has 17 heavy (non-hydrogen) atoms. The Morgan fingerprint density at radius 3 is 2.71 bits per heavy atom. The average Bonchev–Trinajstić information content (AvgIpc) is 2.64. The molecule has 0 amide bonds. The summed E-state index contributed by atoms with van der Waals surface area (Å²) >= 11 is 0. The number of unbranched alkanes of at least 4 members (excludes halogenated alkanes) is 3. The van der Waals surface area contributed by atoms with Gasteiger partial charge in [0.1, 0.15) is 0 Å². The lowest BCUT2D eigenvalue weighted by Gasteiger charge is -2.21. The van der Waals surface area contributed by atoms with Crippen molar-refractivity contribution in [1.82, 2.24) is 5.32 Å². The molecule has 0 aromatic heterocycles. The van der Waals surface area contributed by atoms with E-state index in [4.69, 9.17) is 0 Å². The third-order valence-electron chi connectivity index (χ3n) is 3.63. The van der Waals surface area contributed by atoms with E-state index in [-0.39, 0.29) is 0 Å². The normalized spacial score (nSPS) is 24.6. The molecule has 3 nitrogen and oxygen atoms in total. The van der Waals surface area contributed by atoms with E-state index in [2.05, 4.69) is 11.9 Å². The highest BCUT2D eigenvalue weighted by molar-refractivity contribution is 7.91. The monoisotopic (exact) mass is 259 g/mol. The lowest BCUT2D eigenvalue weighted by molar-refractivity contribution is 0.371. The van der Waals surface area contributed by atoms with Gasteiger partial charge in [0.2, 0.25) is 0 Å². The summed E-state index contributed by atoms with van der Waals surface area (Å²) in [6, 6.07) is 0.371. The Hall–Kier alpha value is -0.350. The lowest BCUT2D eigenvalue weighted by Crippen LogP contribution is -2.34. The molecule has 0 aromatic carbocycles. The zero-order valence-electron chi connectivity index (χ0n) is 10.8. The summed E-state index contributed by atoms with van der Waals surface area (Å²) < 4.78 is 22.9. The molecule has 1 rings (SSSR count). The van der Waals surface area contributed by atoms with Crippen molar-refractivity contribution >= 4 is 9.84 Å². The Morgan fingerprint density at radius 1 is 1.41 bits per heavy atom. The molecule has 0 spiro atoms.